The molecule has 0 unspecified atom stereocenters. The van der Waals surface area contributed by atoms with Gasteiger partial charge in [-0.05, 0) is 74.2 Å². The topological polar surface area (TPSA) is 82.2 Å². The van der Waals surface area contributed by atoms with Gasteiger partial charge in [-0.15, -0.1) is 0 Å². The number of nitrogens with two attached hydrogens (primary N) is 1. The number of nitrogens with zero attached hydrogens (tertiary/aromatic N) is 1. The van der Waals surface area contributed by atoms with Crippen LogP contribution in [-0.4, -0.2) is 36.3 Å². The predicted octanol–water partition coefficient (Wildman–Crippen LogP) is 3.29. The lowest BCUT2D eigenvalue weighted by molar-refractivity contribution is 0.0792. The van der Waals surface area contributed by atoms with E-state index in [9.17, 15) is 4.79 Å². The molecule has 1 aliphatic heterocycles. The number of benzene rings is 2. The number of hydrogen-bond donors (Lipinski definition) is 3. The zero-order chi connectivity index (χ0) is 20.1. The minimum atomic E-state index is 0.0591. The summed E-state index contributed by atoms with van der Waals surface area (Å²) in [5, 5.41) is 10.6. The number of carbonyl (C=O) groups excluding carboxylic acids is 1. The first kappa shape index (κ1) is 19.5. The van der Waals surface area contributed by atoms with Gasteiger partial charge >= 0.3 is 0 Å². The molecule has 0 radical (unpaired) electrons. The first-order valence-electron chi connectivity index (χ1n) is 9.53. The van der Waals surface area contributed by atoms with E-state index in [-0.39, 0.29) is 11.7 Å². The number of rotatable bonds is 4. The van der Waals surface area contributed by atoms with Crippen molar-refractivity contribution in [1.29, 1.82) is 5.41 Å². The van der Waals surface area contributed by atoms with Crippen LogP contribution in [0.4, 0.5) is 5.69 Å². The minimum Gasteiger partial charge on any atom is -0.384 e. The van der Waals surface area contributed by atoms with Gasteiger partial charge < -0.3 is 16.0 Å². The zero-order valence-electron chi connectivity index (χ0n) is 16.4. The normalized spacial score (nSPS) is 13.0. The number of nitrogen functional groups attached to an aromatic ring is 1. The van der Waals surface area contributed by atoms with Crippen molar-refractivity contribution in [2.45, 2.75) is 26.7 Å². The Kier molecular flexibility index (Phi) is 6.00. The summed E-state index contributed by atoms with van der Waals surface area (Å²) in [5.74, 6) is 6.53. The molecule has 1 aliphatic rings. The number of amides is 1. The lowest BCUT2D eigenvalue weighted by atomic mass is 9.99. The fourth-order valence-corrected chi connectivity index (χ4v) is 3.33. The first-order valence-corrected chi connectivity index (χ1v) is 9.53. The third kappa shape index (κ3) is 4.52. The highest BCUT2D eigenvalue weighted by atomic mass is 16.2. The third-order valence-corrected chi connectivity index (χ3v) is 4.99. The number of likely N-dealkylation sites (tertiary alicyclic amines) is 1. The van der Waals surface area contributed by atoms with E-state index in [1.54, 1.807) is 0 Å². The molecule has 144 valence electrons. The molecule has 0 atom stereocenters. The molecule has 4 N–H and O–H groups in total. The Labute approximate surface area is 166 Å². The van der Waals surface area contributed by atoms with Crippen molar-refractivity contribution in [1.82, 2.24) is 4.90 Å². The molecule has 1 heterocycles. The maximum atomic E-state index is 12.7. The van der Waals surface area contributed by atoms with Crippen molar-refractivity contribution in [2.24, 2.45) is 5.73 Å². The average Bonchev–Trinajstić information content (AvgIpc) is 3.22. The molecule has 3 rings (SSSR count). The smallest absolute Gasteiger partial charge is 0.254 e. The zero-order valence-corrected chi connectivity index (χ0v) is 16.4. The van der Waals surface area contributed by atoms with Gasteiger partial charge in [0.15, 0.2) is 0 Å². The fraction of sp³-hybridized carbons (Fsp3) is 0.304. The lowest BCUT2D eigenvalue weighted by Gasteiger charge is -2.17. The second-order valence-electron chi connectivity index (χ2n) is 7.13. The van der Waals surface area contributed by atoms with E-state index in [0.29, 0.717) is 12.1 Å². The Morgan fingerprint density at radius 3 is 2.46 bits per heavy atom. The number of anilines is 1. The molecule has 1 saturated heterocycles. The Balaban J connectivity index is 1.65. The Bertz CT molecular complexity index is 945. The van der Waals surface area contributed by atoms with Crippen LogP contribution < -0.4 is 11.1 Å². The van der Waals surface area contributed by atoms with Crippen LogP contribution in [0, 0.1) is 31.1 Å². The van der Waals surface area contributed by atoms with Gasteiger partial charge in [0, 0.05) is 35.5 Å². The van der Waals surface area contributed by atoms with Gasteiger partial charge in [0.25, 0.3) is 5.91 Å². The maximum absolute atomic E-state index is 12.7. The van der Waals surface area contributed by atoms with Crippen LogP contribution in [0.25, 0.3) is 0 Å². The van der Waals surface area contributed by atoms with Gasteiger partial charge in [0.05, 0.1) is 6.54 Å². The monoisotopic (exact) mass is 374 g/mol. The number of nitrogens with one attached hydrogen (secondary N) is 2. The molecule has 28 heavy (non-hydrogen) atoms. The number of aryl methyl sites for hydroxylation is 2. The Hall–Kier alpha value is -3.26. The summed E-state index contributed by atoms with van der Waals surface area (Å²) < 4.78 is 0. The van der Waals surface area contributed by atoms with Crippen LogP contribution in [0.2, 0.25) is 0 Å². The summed E-state index contributed by atoms with van der Waals surface area (Å²) >= 11 is 0. The van der Waals surface area contributed by atoms with E-state index in [2.05, 4.69) is 17.2 Å². The minimum absolute atomic E-state index is 0.0591. The SMILES string of the molecule is Cc1cc(C(=O)N2CCCC2)c(C)cc1C#CCNc1ccc(C(=N)N)cc1. The van der Waals surface area contributed by atoms with E-state index in [4.69, 9.17) is 11.1 Å². The summed E-state index contributed by atoms with van der Waals surface area (Å²) in [5.41, 5.74) is 10.8. The van der Waals surface area contributed by atoms with Crippen LogP contribution in [-0.2, 0) is 0 Å². The molecule has 0 aliphatic carbocycles. The fourth-order valence-electron chi connectivity index (χ4n) is 3.33. The second-order valence-corrected chi connectivity index (χ2v) is 7.13. The molecular weight excluding hydrogens is 348 g/mol. The molecule has 0 bridgehead atoms. The quantitative estimate of drug-likeness (QED) is 0.436. The summed E-state index contributed by atoms with van der Waals surface area (Å²) in [6.45, 7) is 6.20. The second kappa shape index (κ2) is 8.62. The maximum Gasteiger partial charge on any atom is 0.254 e. The van der Waals surface area contributed by atoms with Crippen molar-refractivity contribution in [3.05, 3.63) is 64.2 Å². The summed E-state index contributed by atoms with van der Waals surface area (Å²) in [6, 6.07) is 11.4. The molecular formula is C23H26N4O. The van der Waals surface area contributed by atoms with Crippen LogP contribution in [0.5, 0.6) is 0 Å². The molecule has 0 saturated carbocycles. The van der Waals surface area contributed by atoms with Crippen molar-refractivity contribution < 1.29 is 4.79 Å². The molecule has 1 amide bonds. The lowest BCUT2D eigenvalue weighted by Crippen LogP contribution is -2.28. The van der Waals surface area contributed by atoms with E-state index in [1.165, 1.54) is 0 Å². The number of carbonyl (C=O) groups is 1. The van der Waals surface area contributed by atoms with Crippen LogP contribution in [0.15, 0.2) is 36.4 Å². The summed E-state index contributed by atoms with van der Waals surface area (Å²) in [6.07, 6.45) is 2.19. The Morgan fingerprint density at radius 2 is 1.82 bits per heavy atom. The van der Waals surface area contributed by atoms with E-state index in [0.717, 1.165) is 53.9 Å². The molecule has 0 spiro atoms. The highest BCUT2D eigenvalue weighted by Crippen LogP contribution is 2.20. The van der Waals surface area contributed by atoms with Crippen molar-refractivity contribution in [3.63, 3.8) is 0 Å². The van der Waals surface area contributed by atoms with Gasteiger partial charge in [0.1, 0.15) is 5.84 Å². The van der Waals surface area contributed by atoms with Crippen molar-refractivity contribution in [3.8, 4) is 11.8 Å². The predicted molar refractivity (Wildman–Crippen MR) is 114 cm³/mol. The van der Waals surface area contributed by atoms with Gasteiger partial charge in [-0.3, -0.25) is 10.2 Å². The van der Waals surface area contributed by atoms with E-state index in [1.807, 2.05) is 55.1 Å². The largest absolute Gasteiger partial charge is 0.384 e. The van der Waals surface area contributed by atoms with E-state index < -0.39 is 0 Å². The van der Waals surface area contributed by atoms with Crippen molar-refractivity contribution >= 4 is 17.4 Å². The van der Waals surface area contributed by atoms with Gasteiger partial charge in [0.2, 0.25) is 0 Å². The van der Waals surface area contributed by atoms with Gasteiger partial charge in [-0.1, -0.05) is 11.8 Å². The summed E-state index contributed by atoms with van der Waals surface area (Å²) in [7, 11) is 0. The van der Waals surface area contributed by atoms with Gasteiger partial charge in [-0.25, -0.2) is 0 Å². The van der Waals surface area contributed by atoms with Crippen LogP contribution in [0.3, 0.4) is 0 Å². The van der Waals surface area contributed by atoms with Gasteiger partial charge in [-0.2, -0.15) is 0 Å². The molecule has 2 aromatic rings. The molecule has 1 fully saturated rings. The molecule has 5 nitrogen and oxygen atoms in total. The highest BCUT2D eigenvalue weighted by Gasteiger charge is 2.21. The van der Waals surface area contributed by atoms with E-state index >= 15 is 0 Å². The van der Waals surface area contributed by atoms with Crippen molar-refractivity contribution in [2.75, 3.05) is 25.0 Å². The van der Waals surface area contributed by atoms with Crippen LogP contribution >= 0.6 is 0 Å². The highest BCUT2D eigenvalue weighted by molar-refractivity contribution is 5.96. The molecule has 5 heteroatoms. The molecule has 2 aromatic carbocycles. The average molecular weight is 374 g/mol. The molecule has 0 aromatic heterocycles. The third-order valence-electron chi connectivity index (χ3n) is 4.99. The standard InChI is InChI=1S/C23H26N4O/c1-16-15-21(23(28)27-12-3-4-13-27)17(2)14-19(16)6-5-11-26-20-9-7-18(8-10-20)22(24)25/h7-10,14-15,26H,3-4,11-13H2,1-2H3,(H3,24,25). The first-order chi connectivity index (χ1) is 13.5. The number of amidine groups is 1. The van der Waals surface area contributed by atoms with Crippen LogP contribution in [0.1, 0.15) is 45.5 Å². The number of hydrogen-bond acceptors (Lipinski definition) is 3. The summed E-state index contributed by atoms with van der Waals surface area (Å²) in [4.78, 5) is 14.6. The Morgan fingerprint density at radius 1 is 1.14 bits per heavy atom.